The molecule has 25 heavy (non-hydrogen) atoms. The van der Waals surface area contributed by atoms with Gasteiger partial charge in [-0.25, -0.2) is 0 Å². The third kappa shape index (κ3) is 2.98. The van der Waals surface area contributed by atoms with E-state index in [1.807, 2.05) is 24.3 Å². The van der Waals surface area contributed by atoms with E-state index in [2.05, 4.69) is 59.6 Å². The highest BCUT2D eigenvalue weighted by molar-refractivity contribution is 6.20. The molecule has 4 nitrogen and oxygen atoms in total. The molecular formula is C20H20BN2O2. The van der Waals surface area contributed by atoms with Crippen LogP contribution in [0, 0.1) is 0 Å². The van der Waals surface area contributed by atoms with Gasteiger partial charge in [-0.1, -0.05) is 0 Å². The standard InChI is InChI=1S/C20H20BN2O2/c1-3-22-11-9-15-13-17(5-7-19(15)22)24-21-25-18-6-8-20-16(14-18)10-12-23(20)4-2/h5-14H,3-4H2,1-2H3. The molecule has 0 atom stereocenters. The molecule has 2 aromatic heterocycles. The monoisotopic (exact) mass is 331 g/mol. The van der Waals surface area contributed by atoms with Crippen molar-refractivity contribution < 1.29 is 9.31 Å². The summed E-state index contributed by atoms with van der Waals surface area (Å²) in [4.78, 5) is 0. The predicted octanol–water partition coefficient (Wildman–Crippen LogP) is 4.63. The lowest BCUT2D eigenvalue weighted by molar-refractivity contribution is 0.460. The van der Waals surface area contributed by atoms with Crippen LogP contribution in [-0.2, 0) is 13.1 Å². The Balaban J connectivity index is 1.43. The second-order valence-electron chi connectivity index (χ2n) is 5.98. The van der Waals surface area contributed by atoms with Gasteiger partial charge in [-0.2, -0.15) is 0 Å². The first-order valence-electron chi connectivity index (χ1n) is 8.61. The summed E-state index contributed by atoms with van der Waals surface area (Å²) in [5.41, 5.74) is 2.42. The van der Waals surface area contributed by atoms with E-state index in [1.54, 1.807) is 0 Å². The number of nitrogens with zero attached hydrogens (tertiary/aromatic N) is 2. The Kier molecular flexibility index (Phi) is 4.14. The van der Waals surface area contributed by atoms with Crippen LogP contribution in [0.25, 0.3) is 21.8 Å². The van der Waals surface area contributed by atoms with Crippen molar-refractivity contribution in [1.82, 2.24) is 9.13 Å². The zero-order valence-electron chi connectivity index (χ0n) is 14.5. The summed E-state index contributed by atoms with van der Waals surface area (Å²) in [5, 5.41) is 2.32. The minimum atomic E-state index is 0.763. The van der Waals surface area contributed by atoms with Gasteiger partial charge in [-0.05, 0) is 62.4 Å². The number of aryl methyl sites for hydroxylation is 2. The Hall–Kier alpha value is -2.82. The van der Waals surface area contributed by atoms with Crippen molar-refractivity contribution in [2.24, 2.45) is 0 Å². The van der Waals surface area contributed by atoms with E-state index in [4.69, 9.17) is 9.31 Å². The molecule has 0 bridgehead atoms. The van der Waals surface area contributed by atoms with Crippen LogP contribution in [-0.4, -0.2) is 16.8 Å². The fourth-order valence-electron chi connectivity index (χ4n) is 3.19. The Morgan fingerprint density at radius 1 is 0.720 bits per heavy atom. The molecule has 2 aromatic carbocycles. The molecular weight excluding hydrogens is 311 g/mol. The molecule has 0 spiro atoms. The van der Waals surface area contributed by atoms with Crippen molar-refractivity contribution >= 4 is 29.5 Å². The molecule has 0 aliphatic rings. The number of hydrogen-bond donors (Lipinski definition) is 0. The van der Waals surface area contributed by atoms with Gasteiger partial charge in [0.25, 0.3) is 0 Å². The molecule has 0 saturated heterocycles. The molecule has 0 fully saturated rings. The fourth-order valence-corrected chi connectivity index (χ4v) is 3.19. The summed E-state index contributed by atoms with van der Waals surface area (Å²) < 4.78 is 15.7. The van der Waals surface area contributed by atoms with Gasteiger partial charge in [-0.3, -0.25) is 0 Å². The topological polar surface area (TPSA) is 28.3 Å². The van der Waals surface area contributed by atoms with E-state index in [9.17, 15) is 0 Å². The number of rotatable bonds is 6. The summed E-state index contributed by atoms with van der Waals surface area (Å²) in [7, 11) is 1.38. The molecule has 2 heterocycles. The molecule has 0 N–H and O–H groups in total. The van der Waals surface area contributed by atoms with Crippen molar-refractivity contribution in [3.63, 3.8) is 0 Å². The molecule has 5 heteroatoms. The molecule has 1 radical (unpaired) electrons. The molecule has 0 aliphatic carbocycles. The second-order valence-corrected chi connectivity index (χ2v) is 5.98. The van der Waals surface area contributed by atoms with E-state index < -0.39 is 0 Å². The highest BCUT2D eigenvalue weighted by Gasteiger charge is 2.06. The third-order valence-corrected chi connectivity index (χ3v) is 4.53. The normalized spacial score (nSPS) is 11.1. The Morgan fingerprint density at radius 2 is 1.20 bits per heavy atom. The van der Waals surface area contributed by atoms with Crippen molar-refractivity contribution in [1.29, 1.82) is 0 Å². The highest BCUT2D eigenvalue weighted by atomic mass is 16.6. The van der Waals surface area contributed by atoms with Gasteiger partial charge in [0.1, 0.15) is 11.5 Å². The molecule has 4 rings (SSSR count). The van der Waals surface area contributed by atoms with E-state index in [0.29, 0.717) is 0 Å². The summed E-state index contributed by atoms with van der Waals surface area (Å²) in [5.74, 6) is 1.53. The SMILES string of the molecule is CCn1ccc2cc(O[B]Oc3ccc4c(ccn4CC)c3)ccc21. The second kappa shape index (κ2) is 6.59. The maximum Gasteiger partial charge on any atom is 0.658 e. The lowest BCUT2D eigenvalue weighted by Gasteiger charge is -2.08. The molecule has 4 aromatic rings. The zero-order chi connectivity index (χ0) is 17.2. The van der Waals surface area contributed by atoms with Crippen LogP contribution in [0.4, 0.5) is 0 Å². The van der Waals surface area contributed by atoms with Crippen LogP contribution in [0.5, 0.6) is 11.5 Å². The summed E-state index contributed by atoms with van der Waals surface area (Å²) in [6.07, 6.45) is 4.18. The first-order chi connectivity index (χ1) is 12.3. The van der Waals surface area contributed by atoms with Crippen LogP contribution in [0.3, 0.4) is 0 Å². The maximum absolute atomic E-state index is 5.64. The van der Waals surface area contributed by atoms with Gasteiger partial charge in [0.05, 0.1) is 0 Å². The molecule has 0 saturated carbocycles. The van der Waals surface area contributed by atoms with E-state index in [-0.39, 0.29) is 0 Å². The van der Waals surface area contributed by atoms with Crippen molar-refractivity contribution in [2.75, 3.05) is 0 Å². The lowest BCUT2D eigenvalue weighted by atomic mass is 10.2. The van der Waals surface area contributed by atoms with Gasteiger partial charge in [0.2, 0.25) is 0 Å². The number of fused-ring (bicyclic) bond motifs is 2. The van der Waals surface area contributed by atoms with E-state index >= 15 is 0 Å². The third-order valence-electron chi connectivity index (χ3n) is 4.53. The zero-order valence-corrected chi connectivity index (χ0v) is 14.5. The van der Waals surface area contributed by atoms with Gasteiger partial charge in [0, 0.05) is 47.3 Å². The summed E-state index contributed by atoms with van der Waals surface area (Å²) in [6, 6.07) is 16.3. The van der Waals surface area contributed by atoms with E-state index in [0.717, 1.165) is 35.4 Å². The number of aromatic nitrogens is 2. The summed E-state index contributed by atoms with van der Waals surface area (Å²) >= 11 is 0. The Bertz CT molecular complexity index is 937. The largest absolute Gasteiger partial charge is 0.658 e. The molecule has 125 valence electrons. The van der Waals surface area contributed by atoms with Gasteiger partial charge in [0.15, 0.2) is 0 Å². The van der Waals surface area contributed by atoms with Gasteiger partial charge < -0.3 is 18.4 Å². The van der Waals surface area contributed by atoms with Crippen molar-refractivity contribution in [2.45, 2.75) is 26.9 Å². The first-order valence-corrected chi connectivity index (χ1v) is 8.61. The molecule has 0 aliphatic heterocycles. The lowest BCUT2D eigenvalue weighted by Crippen LogP contribution is -2.10. The minimum absolute atomic E-state index is 0.763. The minimum Gasteiger partial charge on any atom is -0.526 e. The van der Waals surface area contributed by atoms with Crippen molar-refractivity contribution in [3.8, 4) is 11.5 Å². The van der Waals surface area contributed by atoms with Crippen LogP contribution in [0.2, 0.25) is 0 Å². The predicted molar refractivity (Wildman–Crippen MR) is 102 cm³/mol. The Labute approximate surface area is 147 Å². The van der Waals surface area contributed by atoms with Gasteiger partial charge in [-0.15, -0.1) is 0 Å². The first kappa shape index (κ1) is 15.7. The van der Waals surface area contributed by atoms with Crippen LogP contribution in [0.15, 0.2) is 60.9 Å². The molecule has 0 unspecified atom stereocenters. The van der Waals surface area contributed by atoms with Crippen LogP contribution >= 0.6 is 0 Å². The smallest absolute Gasteiger partial charge is 0.526 e. The van der Waals surface area contributed by atoms with Crippen molar-refractivity contribution in [3.05, 3.63) is 60.9 Å². The quantitative estimate of drug-likeness (QED) is 0.482. The number of benzene rings is 2. The number of hydrogen-bond acceptors (Lipinski definition) is 2. The average Bonchev–Trinajstić information content (AvgIpc) is 3.24. The highest BCUT2D eigenvalue weighted by Crippen LogP contribution is 2.24. The fraction of sp³-hybridized carbons (Fsp3) is 0.200. The van der Waals surface area contributed by atoms with Crippen LogP contribution < -0.4 is 9.31 Å². The Morgan fingerprint density at radius 3 is 1.64 bits per heavy atom. The summed E-state index contributed by atoms with van der Waals surface area (Å²) in [6.45, 7) is 6.19. The molecule has 0 amide bonds. The maximum atomic E-state index is 5.64. The van der Waals surface area contributed by atoms with Crippen LogP contribution in [0.1, 0.15) is 13.8 Å². The van der Waals surface area contributed by atoms with Gasteiger partial charge >= 0.3 is 7.69 Å². The van der Waals surface area contributed by atoms with E-state index in [1.165, 1.54) is 18.7 Å². The average molecular weight is 331 g/mol.